The van der Waals surface area contributed by atoms with Crippen LogP contribution in [-0.2, 0) is 0 Å². The van der Waals surface area contributed by atoms with Gasteiger partial charge in [0, 0.05) is 25.7 Å². The molecule has 74 valence electrons. The zero-order valence-corrected chi connectivity index (χ0v) is 8.61. The van der Waals surface area contributed by atoms with Crippen molar-refractivity contribution >= 4 is 5.69 Å². The molecule has 0 aliphatic heterocycles. The quantitative estimate of drug-likeness (QED) is 0.664. The molecule has 0 aromatic heterocycles. The molecule has 2 heteroatoms. The molecule has 0 saturated carbocycles. The van der Waals surface area contributed by atoms with E-state index in [2.05, 4.69) is 30.1 Å². The van der Waals surface area contributed by atoms with E-state index in [4.69, 9.17) is 5.26 Å². The Kier molecular flexibility index (Phi) is 4.57. The van der Waals surface area contributed by atoms with Crippen molar-refractivity contribution < 1.29 is 0 Å². The van der Waals surface area contributed by atoms with Crippen molar-refractivity contribution in [2.75, 3.05) is 18.5 Å². The summed E-state index contributed by atoms with van der Waals surface area (Å²) in [6.07, 6.45) is 2.75. The lowest BCUT2D eigenvalue weighted by Crippen LogP contribution is -2.18. The lowest BCUT2D eigenvalue weighted by molar-refractivity contribution is 0.734. The molecular formula is C12H16N2. The van der Waals surface area contributed by atoms with Crippen LogP contribution in [0.1, 0.15) is 19.3 Å². The van der Waals surface area contributed by atoms with Crippen LogP contribution in [0, 0.1) is 11.3 Å². The van der Waals surface area contributed by atoms with Crippen molar-refractivity contribution in [3.8, 4) is 6.07 Å². The number of hydrogen-bond donors (Lipinski definition) is 0. The van der Waals surface area contributed by atoms with E-state index < -0.39 is 0 Å². The Morgan fingerprint density at radius 1 is 1.21 bits per heavy atom. The highest BCUT2D eigenvalue weighted by Crippen LogP contribution is 2.11. The molecule has 0 atom stereocenters. The van der Waals surface area contributed by atoms with Gasteiger partial charge in [-0.3, -0.25) is 0 Å². The summed E-state index contributed by atoms with van der Waals surface area (Å²) in [6, 6.07) is 12.5. The Bertz CT molecular complexity index is 287. The molecule has 0 saturated heterocycles. The van der Waals surface area contributed by atoms with Crippen LogP contribution >= 0.6 is 0 Å². The van der Waals surface area contributed by atoms with Crippen molar-refractivity contribution in [3.63, 3.8) is 0 Å². The maximum Gasteiger partial charge on any atom is 0.0621 e. The molecule has 0 amide bonds. The van der Waals surface area contributed by atoms with Gasteiger partial charge in [-0.25, -0.2) is 0 Å². The highest BCUT2D eigenvalue weighted by molar-refractivity contribution is 5.44. The largest absolute Gasteiger partial charge is 0.375 e. The van der Waals surface area contributed by atoms with E-state index in [0.29, 0.717) is 6.42 Å². The number of nitriles is 1. The predicted octanol–water partition coefficient (Wildman–Crippen LogP) is 2.82. The van der Waals surface area contributed by atoms with Gasteiger partial charge in [-0.1, -0.05) is 18.2 Å². The second-order valence-corrected chi connectivity index (χ2v) is 3.37. The molecule has 0 radical (unpaired) electrons. The minimum atomic E-state index is 0.669. The van der Waals surface area contributed by atoms with Gasteiger partial charge in [0.05, 0.1) is 6.07 Å². The third kappa shape index (κ3) is 3.49. The molecule has 0 fully saturated rings. The first kappa shape index (κ1) is 10.6. The van der Waals surface area contributed by atoms with Crippen LogP contribution in [0.15, 0.2) is 30.3 Å². The average molecular weight is 188 g/mol. The Balaban J connectivity index is 2.29. The molecule has 0 aliphatic carbocycles. The summed E-state index contributed by atoms with van der Waals surface area (Å²) in [5.74, 6) is 0. The van der Waals surface area contributed by atoms with E-state index in [9.17, 15) is 0 Å². The van der Waals surface area contributed by atoms with Crippen LogP contribution in [0.2, 0.25) is 0 Å². The van der Waals surface area contributed by atoms with E-state index in [1.54, 1.807) is 0 Å². The maximum atomic E-state index is 8.38. The molecule has 2 nitrogen and oxygen atoms in total. The number of unbranched alkanes of at least 4 members (excludes halogenated alkanes) is 2. The van der Waals surface area contributed by atoms with E-state index in [0.717, 1.165) is 19.4 Å². The molecule has 1 aromatic carbocycles. The Morgan fingerprint density at radius 2 is 1.93 bits per heavy atom. The second kappa shape index (κ2) is 6.04. The van der Waals surface area contributed by atoms with E-state index in [1.807, 2.05) is 18.2 Å². The second-order valence-electron chi connectivity index (χ2n) is 3.37. The fourth-order valence-corrected chi connectivity index (χ4v) is 1.36. The molecule has 14 heavy (non-hydrogen) atoms. The third-order valence-corrected chi connectivity index (χ3v) is 2.23. The lowest BCUT2D eigenvalue weighted by Gasteiger charge is -2.18. The van der Waals surface area contributed by atoms with Gasteiger partial charge in [0.1, 0.15) is 0 Å². The molecule has 0 bridgehead atoms. The van der Waals surface area contributed by atoms with Gasteiger partial charge in [0.2, 0.25) is 0 Å². The lowest BCUT2D eigenvalue weighted by atomic mass is 10.2. The predicted molar refractivity (Wildman–Crippen MR) is 59.2 cm³/mol. The molecule has 1 aromatic rings. The summed E-state index contributed by atoms with van der Waals surface area (Å²) < 4.78 is 0. The SMILES string of the molecule is CN(CCCCC#N)c1ccccc1. The average Bonchev–Trinajstić information content (AvgIpc) is 2.25. The number of benzene rings is 1. The first-order chi connectivity index (χ1) is 6.84. The third-order valence-electron chi connectivity index (χ3n) is 2.23. The Hall–Kier alpha value is -1.49. The van der Waals surface area contributed by atoms with Crippen LogP contribution < -0.4 is 4.90 Å². The molecule has 0 unspecified atom stereocenters. The summed E-state index contributed by atoms with van der Waals surface area (Å²) in [7, 11) is 2.09. The van der Waals surface area contributed by atoms with Gasteiger partial charge in [-0.2, -0.15) is 5.26 Å². The highest BCUT2D eigenvalue weighted by Gasteiger charge is 1.98. The van der Waals surface area contributed by atoms with Crippen LogP contribution in [0.4, 0.5) is 5.69 Å². The van der Waals surface area contributed by atoms with E-state index in [-0.39, 0.29) is 0 Å². The van der Waals surface area contributed by atoms with Crippen LogP contribution in [-0.4, -0.2) is 13.6 Å². The molecular weight excluding hydrogens is 172 g/mol. The zero-order valence-electron chi connectivity index (χ0n) is 8.61. The standard InChI is InChI=1S/C12H16N2/c1-14(11-7-3-6-10-13)12-8-4-2-5-9-12/h2,4-5,8-9H,3,6-7,11H2,1H3. The minimum Gasteiger partial charge on any atom is -0.375 e. The number of hydrogen-bond acceptors (Lipinski definition) is 2. The van der Waals surface area contributed by atoms with Crippen molar-refractivity contribution in [2.45, 2.75) is 19.3 Å². The molecule has 1 rings (SSSR count). The summed E-state index contributed by atoms with van der Waals surface area (Å²) in [6.45, 7) is 1.02. The number of nitrogens with zero attached hydrogens (tertiary/aromatic N) is 2. The monoisotopic (exact) mass is 188 g/mol. The van der Waals surface area contributed by atoms with Crippen molar-refractivity contribution in [3.05, 3.63) is 30.3 Å². The maximum absolute atomic E-state index is 8.38. The molecule has 0 aliphatic rings. The van der Waals surface area contributed by atoms with Gasteiger partial charge >= 0.3 is 0 Å². The minimum absolute atomic E-state index is 0.669. The summed E-state index contributed by atoms with van der Waals surface area (Å²) >= 11 is 0. The first-order valence-corrected chi connectivity index (χ1v) is 4.97. The Morgan fingerprint density at radius 3 is 2.57 bits per heavy atom. The van der Waals surface area contributed by atoms with Crippen molar-refractivity contribution in [1.82, 2.24) is 0 Å². The summed E-state index contributed by atoms with van der Waals surface area (Å²) in [4.78, 5) is 2.22. The smallest absolute Gasteiger partial charge is 0.0621 e. The number of anilines is 1. The fraction of sp³-hybridized carbons (Fsp3) is 0.417. The summed E-state index contributed by atoms with van der Waals surface area (Å²) in [5.41, 5.74) is 1.24. The molecule has 0 N–H and O–H groups in total. The number of rotatable bonds is 5. The van der Waals surface area contributed by atoms with E-state index >= 15 is 0 Å². The summed E-state index contributed by atoms with van der Waals surface area (Å²) in [5, 5.41) is 8.38. The molecule has 0 heterocycles. The van der Waals surface area contributed by atoms with Crippen LogP contribution in [0.3, 0.4) is 0 Å². The highest BCUT2D eigenvalue weighted by atomic mass is 15.1. The normalized spacial score (nSPS) is 9.43. The number of para-hydroxylation sites is 1. The topological polar surface area (TPSA) is 27.0 Å². The van der Waals surface area contributed by atoms with Crippen LogP contribution in [0.5, 0.6) is 0 Å². The fourth-order valence-electron chi connectivity index (χ4n) is 1.36. The first-order valence-electron chi connectivity index (χ1n) is 4.97. The zero-order chi connectivity index (χ0) is 10.2. The van der Waals surface area contributed by atoms with Gasteiger partial charge in [0.25, 0.3) is 0 Å². The van der Waals surface area contributed by atoms with Gasteiger partial charge in [-0.05, 0) is 25.0 Å². The Labute approximate surface area is 85.8 Å². The van der Waals surface area contributed by atoms with Crippen molar-refractivity contribution in [1.29, 1.82) is 5.26 Å². The van der Waals surface area contributed by atoms with Gasteiger partial charge in [-0.15, -0.1) is 0 Å². The van der Waals surface area contributed by atoms with Crippen molar-refractivity contribution in [2.24, 2.45) is 0 Å². The van der Waals surface area contributed by atoms with Gasteiger partial charge in [0.15, 0.2) is 0 Å². The van der Waals surface area contributed by atoms with E-state index in [1.165, 1.54) is 5.69 Å². The molecule has 0 spiro atoms. The van der Waals surface area contributed by atoms with Crippen LogP contribution in [0.25, 0.3) is 0 Å². The van der Waals surface area contributed by atoms with Gasteiger partial charge < -0.3 is 4.90 Å².